The van der Waals surface area contributed by atoms with Crippen LogP contribution in [0, 0.1) is 5.82 Å². The number of anilines is 2. The first-order chi connectivity index (χ1) is 13.6. The summed E-state index contributed by atoms with van der Waals surface area (Å²) in [5.74, 6) is -0.163. The van der Waals surface area contributed by atoms with E-state index in [1.54, 1.807) is 12.1 Å². The Hall–Kier alpha value is -2.45. The van der Waals surface area contributed by atoms with Crippen molar-refractivity contribution in [3.05, 3.63) is 65.5 Å². The molecule has 3 aromatic rings. The van der Waals surface area contributed by atoms with Gasteiger partial charge in [-0.15, -0.1) is 10.2 Å². The molecule has 0 saturated carbocycles. The lowest BCUT2D eigenvalue weighted by Gasteiger charge is -2.20. The SMILES string of the molecule is CC(Sc1nnc(NCc2ccc(F)cc2)s1)C(=O)N1CCc2ccccc21. The third-order valence-electron chi connectivity index (χ3n) is 4.54. The monoisotopic (exact) mass is 414 g/mol. The van der Waals surface area contributed by atoms with Gasteiger partial charge < -0.3 is 10.2 Å². The largest absolute Gasteiger partial charge is 0.356 e. The molecule has 0 radical (unpaired) electrons. The molecular weight excluding hydrogens is 395 g/mol. The number of hydrogen-bond donors (Lipinski definition) is 1. The van der Waals surface area contributed by atoms with Gasteiger partial charge in [-0.05, 0) is 42.7 Å². The zero-order valence-electron chi connectivity index (χ0n) is 15.3. The van der Waals surface area contributed by atoms with Crippen molar-refractivity contribution in [1.82, 2.24) is 10.2 Å². The first-order valence-electron chi connectivity index (χ1n) is 8.98. The maximum atomic E-state index is 13.0. The summed E-state index contributed by atoms with van der Waals surface area (Å²) in [6.07, 6.45) is 0.898. The van der Waals surface area contributed by atoms with Crippen LogP contribution >= 0.6 is 23.1 Å². The zero-order chi connectivity index (χ0) is 19.5. The van der Waals surface area contributed by atoms with Gasteiger partial charge in [0.1, 0.15) is 5.82 Å². The Kier molecular flexibility index (Phi) is 5.59. The Morgan fingerprint density at radius 2 is 2.04 bits per heavy atom. The molecule has 0 aliphatic carbocycles. The molecule has 1 N–H and O–H groups in total. The Labute approximate surface area is 171 Å². The van der Waals surface area contributed by atoms with Crippen LogP contribution in [0.1, 0.15) is 18.1 Å². The van der Waals surface area contributed by atoms with Crippen molar-refractivity contribution in [1.29, 1.82) is 0 Å². The molecule has 144 valence electrons. The Morgan fingerprint density at radius 3 is 2.86 bits per heavy atom. The van der Waals surface area contributed by atoms with E-state index in [-0.39, 0.29) is 17.0 Å². The van der Waals surface area contributed by atoms with Crippen molar-refractivity contribution < 1.29 is 9.18 Å². The van der Waals surface area contributed by atoms with Crippen LogP contribution < -0.4 is 10.2 Å². The number of carbonyl (C=O) groups is 1. The van der Waals surface area contributed by atoms with E-state index in [0.717, 1.165) is 28.6 Å². The number of nitrogens with one attached hydrogen (secondary N) is 1. The second kappa shape index (κ2) is 8.28. The van der Waals surface area contributed by atoms with E-state index < -0.39 is 0 Å². The fourth-order valence-corrected chi connectivity index (χ4v) is 5.05. The highest BCUT2D eigenvalue weighted by atomic mass is 32.2. The van der Waals surface area contributed by atoms with Crippen LogP contribution in [-0.2, 0) is 17.8 Å². The van der Waals surface area contributed by atoms with Crippen LogP contribution in [0.2, 0.25) is 0 Å². The van der Waals surface area contributed by atoms with Crippen LogP contribution in [-0.4, -0.2) is 27.9 Å². The van der Waals surface area contributed by atoms with E-state index >= 15 is 0 Å². The van der Waals surface area contributed by atoms with E-state index in [1.165, 1.54) is 40.8 Å². The minimum absolute atomic E-state index is 0.0889. The molecule has 0 spiro atoms. The molecule has 0 fully saturated rings. The molecule has 1 aliphatic heterocycles. The number of nitrogens with zero attached hydrogens (tertiary/aromatic N) is 3. The lowest BCUT2D eigenvalue weighted by Crippen LogP contribution is -2.35. The number of benzene rings is 2. The number of para-hydroxylation sites is 1. The Morgan fingerprint density at radius 1 is 1.25 bits per heavy atom. The third-order valence-corrected chi connectivity index (χ3v) is 6.59. The van der Waals surface area contributed by atoms with Crippen LogP contribution in [0.15, 0.2) is 52.9 Å². The van der Waals surface area contributed by atoms with Gasteiger partial charge in [-0.3, -0.25) is 4.79 Å². The van der Waals surface area contributed by atoms with Crippen molar-refractivity contribution in [2.24, 2.45) is 0 Å². The summed E-state index contributed by atoms with van der Waals surface area (Å²) in [6, 6.07) is 14.4. The van der Waals surface area contributed by atoms with Gasteiger partial charge in [0.15, 0.2) is 4.34 Å². The van der Waals surface area contributed by atoms with Gasteiger partial charge in [0.2, 0.25) is 11.0 Å². The summed E-state index contributed by atoms with van der Waals surface area (Å²) in [6.45, 7) is 3.17. The standard InChI is InChI=1S/C20H19FN4OS2/c1-13(18(26)25-11-10-15-4-2-3-5-17(15)25)27-20-24-23-19(28-20)22-12-14-6-8-16(21)9-7-14/h2-9,13H,10-12H2,1H3,(H,22,23). The molecule has 0 saturated heterocycles. The van der Waals surface area contributed by atoms with Crippen molar-refractivity contribution >= 4 is 39.8 Å². The molecular formula is C20H19FN4OS2. The summed E-state index contributed by atoms with van der Waals surface area (Å²) in [7, 11) is 0. The van der Waals surface area contributed by atoms with Crippen LogP contribution in [0.3, 0.4) is 0 Å². The lowest BCUT2D eigenvalue weighted by molar-refractivity contribution is -0.117. The second-order valence-electron chi connectivity index (χ2n) is 6.48. The third kappa shape index (κ3) is 4.18. The molecule has 8 heteroatoms. The molecule has 5 nitrogen and oxygen atoms in total. The molecule has 2 heterocycles. The number of rotatable bonds is 6. The normalized spacial score (nSPS) is 14.0. The number of halogens is 1. The highest BCUT2D eigenvalue weighted by Gasteiger charge is 2.28. The van der Waals surface area contributed by atoms with E-state index in [2.05, 4.69) is 21.6 Å². The van der Waals surface area contributed by atoms with Gasteiger partial charge in [0, 0.05) is 18.8 Å². The molecule has 1 atom stereocenters. The topological polar surface area (TPSA) is 58.1 Å². The second-order valence-corrected chi connectivity index (χ2v) is 9.05. The maximum absolute atomic E-state index is 13.0. The number of carbonyl (C=O) groups excluding carboxylic acids is 1. The van der Waals surface area contributed by atoms with Crippen molar-refractivity contribution in [3.8, 4) is 0 Å². The summed E-state index contributed by atoms with van der Waals surface area (Å²) >= 11 is 2.84. The molecule has 1 aromatic heterocycles. The molecule has 1 aliphatic rings. The molecule has 28 heavy (non-hydrogen) atoms. The predicted molar refractivity (Wildman–Crippen MR) is 111 cm³/mol. The summed E-state index contributed by atoms with van der Waals surface area (Å²) in [5.41, 5.74) is 3.19. The zero-order valence-corrected chi connectivity index (χ0v) is 16.9. The summed E-state index contributed by atoms with van der Waals surface area (Å²) in [4.78, 5) is 14.7. The van der Waals surface area contributed by atoms with Crippen LogP contribution in [0.4, 0.5) is 15.2 Å². The Bertz CT molecular complexity index is 976. The highest BCUT2D eigenvalue weighted by Crippen LogP contribution is 2.33. The number of fused-ring (bicyclic) bond motifs is 1. The van der Waals surface area contributed by atoms with Gasteiger partial charge >= 0.3 is 0 Å². The highest BCUT2D eigenvalue weighted by molar-refractivity contribution is 8.02. The minimum Gasteiger partial charge on any atom is -0.356 e. The van der Waals surface area contributed by atoms with Crippen molar-refractivity contribution in [3.63, 3.8) is 0 Å². The summed E-state index contributed by atoms with van der Waals surface area (Å²) < 4.78 is 13.7. The molecule has 2 aromatic carbocycles. The van der Waals surface area contributed by atoms with E-state index in [9.17, 15) is 9.18 Å². The molecule has 4 rings (SSSR count). The average molecular weight is 415 g/mol. The van der Waals surface area contributed by atoms with E-state index in [4.69, 9.17) is 0 Å². The number of hydrogen-bond acceptors (Lipinski definition) is 6. The molecule has 0 bridgehead atoms. The first-order valence-corrected chi connectivity index (χ1v) is 10.7. The number of amides is 1. The van der Waals surface area contributed by atoms with Crippen molar-refractivity contribution in [2.45, 2.75) is 29.5 Å². The van der Waals surface area contributed by atoms with Gasteiger partial charge in [-0.25, -0.2) is 4.39 Å². The van der Waals surface area contributed by atoms with Gasteiger partial charge in [0.05, 0.1) is 5.25 Å². The fraction of sp³-hybridized carbons (Fsp3) is 0.250. The smallest absolute Gasteiger partial charge is 0.240 e. The van der Waals surface area contributed by atoms with E-state index in [0.29, 0.717) is 11.7 Å². The van der Waals surface area contributed by atoms with Crippen LogP contribution in [0.25, 0.3) is 0 Å². The maximum Gasteiger partial charge on any atom is 0.240 e. The lowest BCUT2D eigenvalue weighted by atomic mass is 10.2. The average Bonchev–Trinajstić information content (AvgIpc) is 3.34. The van der Waals surface area contributed by atoms with Gasteiger partial charge in [-0.2, -0.15) is 0 Å². The quantitative estimate of drug-likeness (QED) is 0.608. The Balaban J connectivity index is 1.34. The number of thioether (sulfide) groups is 1. The minimum atomic E-state index is -0.252. The number of aromatic nitrogens is 2. The predicted octanol–water partition coefficient (Wildman–Crippen LogP) is 4.36. The van der Waals surface area contributed by atoms with Crippen molar-refractivity contribution in [2.75, 3.05) is 16.8 Å². The first kappa shape index (κ1) is 18.9. The molecule has 1 unspecified atom stereocenters. The van der Waals surface area contributed by atoms with Gasteiger partial charge in [0.25, 0.3) is 0 Å². The van der Waals surface area contributed by atoms with Crippen LogP contribution in [0.5, 0.6) is 0 Å². The molecule has 1 amide bonds. The fourth-order valence-electron chi connectivity index (χ4n) is 3.10. The van der Waals surface area contributed by atoms with E-state index in [1.807, 2.05) is 30.0 Å². The van der Waals surface area contributed by atoms with Gasteiger partial charge in [-0.1, -0.05) is 53.4 Å². The summed E-state index contributed by atoms with van der Waals surface area (Å²) in [5, 5.41) is 11.9.